The maximum absolute atomic E-state index is 12.8. The van der Waals surface area contributed by atoms with E-state index in [1.807, 2.05) is 48.5 Å². The molecule has 2 saturated heterocycles. The number of hydrogen-bond donors (Lipinski definition) is 0. The topological polar surface area (TPSA) is 62.3 Å². The van der Waals surface area contributed by atoms with Crippen molar-refractivity contribution in [2.75, 3.05) is 51.3 Å². The molecule has 1 atom stereocenters. The van der Waals surface area contributed by atoms with Crippen LogP contribution in [0.2, 0.25) is 5.02 Å². The Balaban J connectivity index is 1.31. The van der Waals surface area contributed by atoms with Crippen molar-refractivity contribution in [2.24, 2.45) is 0 Å². The van der Waals surface area contributed by atoms with Crippen molar-refractivity contribution in [3.05, 3.63) is 59.1 Å². The second-order valence-electron chi connectivity index (χ2n) is 7.35. The van der Waals surface area contributed by atoms with E-state index in [9.17, 15) is 9.59 Å². The van der Waals surface area contributed by atoms with Gasteiger partial charge in [-0.15, -0.1) is 0 Å². The summed E-state index contributed by atoms with van der Waals surface area (Å²) in [5, 5.41) is 0.571. The lowest BCUT2D eigenvalue weighted by Crippen LogP contribution is -2.51. The molecule has 7 nitrogen and oxygen atoms in total. The molecule has 0 aromatic heterocycles. The van der Waals surface area contributed by atoms with Crippen molar-refractivity contribution in [1.82, 2.24) is 9.80 Å². The van der Waals surface area contributed by atoms with Gasteiger partial charge < -0.3 is 19.3 Å². The van der Waals surface area contributed by atoms with Gasteiger partial charge in [0.2, 0.25) is 5.91 Å². The maximum Gasteiger partial charge on any atom is 0.411 e. The lowest BCUT2D eigenvalue weighted by Gasteiger charge is -2.36. The molecule has 2 aromatic rings. The SMILES string of the molecule is COc1cc(N2CCN(C(=O)CN3CC(c4ccccc4)OC3=O)CC2)ccc1Cl. The van der Waals surface area contributed by atoms with Crippen LogP contribution in [-0.4, -0.2) is 68.2 Å². The summed E-state index contributed by atoms with van der Waals surface area (Å²) in [7, 11) is 1.59. The molecule has 2 aromatic carbocycles. The first-order chi connectivity index (χ1) is 14.5. The van der Waals surface area contributed by atoms with Crippen LogP contribution < -0.4 is 9.64 Å². The highest BCUT2D eigenvalue weighted by molar-refractivity contribution is 6.32. The molecule has 0 spiro atoms. The van der Waals surface area contributed by atoms with E-state index >= 15 is 0 Å². The van der Waals surface area contributed by atoms with Gasteiger partial charge in [0.25, 0.3) is 0 Å². The van der Waals surface area contributed by atoms with E-state index in [2.05, 4.69) is 4.90 Å². The largest absolute Gasteiger partial charge is 0.495 e. The van der Waals surface area contributed by atoms with Crippen molar-refractivity contribution in [1.29, 1.82) is 0 Å². The van der Waals surface area contributed by atoms with Crippen LogP contribution in [0.4, 0.5) is 10.5 Å². The van der Waals surface area contributed by atoms with Crippen molar-refractivity contribution >= 4 is 29.3 Å². The average molecular weight is 430 g/mol. The second-order valence-corrected chi connectivity index (χ2v) is 7.76. The lowest BCUT2D eigenvalue weighted by molar-refractivity contribution is -0.132. The fourth-order valence-corrected chi connectivity index (χ4v) is 4.00. The molecular weight excluding hydrogens is 406 g/mol. The number of piperazine rings is 1. The van der Waals surface area contributed by atoms with Gasteiger partial charge in [-0.05, 0) is 17.7 Å². The van der Waals surface area contributed by atoms with Crippen molar-refractivity contribution < 1.29 is 19.1 Å². The van der Waals surface area contributed by atoms with E-state index in [1.165, 1.54) is 4.90 Å². The highest BCUT2D eigenvalue weighted by Crippen LogP contribution is 2.30. The van der Waals surface area contributed by atoms with Crippen LogP contribution in [0.3, 0.4) is 0 Å². The normalized spacial score (nSPS) is 19.1. The van der Waals surface area contributed by atoms with Crippen molar-refractivity contribution in [3.8, 4) is 5.75 Å². The number of nitrogens with zero attached hydrogens (tertiary/aromatic N) is 3. The van der Waals surface area contributed by atoms with E-state index in [0.717, 1.165) is 11.3 Å². The molecular formula is C22H24ClN3O4. The highest BCUT2D eigenvalue weighted by atomic mass is 35.5. The van der Waals surface area contributed by atoms with Crippen LogP contribution in [0.1, 0.15) is 11.7 Å². The van der Waals surface area contributed by atoms with Gasteiger partial charge in [-0.25, -0.2) is 4.79 Å². The molecule has 0 bridgehead atoms. The molecule has 0 saturated carbocycles. The Morgan fingerprint density at radius 2 is 1.87 bits per heavy atom. The van der Waals surface area contributed by atoms with Crippen LogP contribution in [-0.2, 0) is 9.53 Å². The summed E-state index contributed by atoms with van der Waals surface area (Å²) in [6, 6.07) is 15.3. The Labute approximate surface area is 180 Å². The fraction of sp³-hybridized carbons (Fsp3) is 0.364. The lowest BCUT2D eigenvalue weighted by atomic mass is 10.1. The Hall–Kier alpha value is -2.93. The van der Waals surface area contributed by atoms with E-state index in [1.54, 1.807) is 12.0 Å². The zero-order valence-corrected chi connectivity index (χ0v) is 17.5. The number of rotatable bonds is 5. The number of halogens is 1. The van der Waals surface area contributed by atoms with Gasteiger partial charge in [-0.2, -0.15) is 0 Å². The van der Waals surface area contributed by atoms with E-state index in [0.29, 0.717) is 43.5 Å². The first-order valence-corrected chi connectivity index (χ1v) is 10.3. The molecule has 2 aliphatic rings. The monoisotopic (exact) mass is 429 g/mol. The van der Waals surface area contributed by atoms with Crippen molar-refractivity contribution in [3.63, 3.8) is 0 Å². The summed E-state index contributed by atoms with van der Waals surface area (Å²) in [4.78, 5) is 30.4. The fourth-order valence-electron chi connectivity index (χ4n) is 3.80. The number of amides is 2. The Kier molecular flexibility index (Phi) is 5.99. The van der Waals surface area contributed by atoms with E-state index < -0.39 is 6.09 Å². The smallest absolute Gasteiger partial charge is 0.411 e. The van der Waals surface area contributed by atoms with Gasteiger partial charge >= 0.3 is 6.09 Å². The first kappa shape index (κ1) is 20.3. The van der Waals surface area contributed by atoms with Crippen LogP contribution in [0.15, 0.2) is 48.5 Å². The van der Waals surface area contributed by atoms with Crippen LogP contribution in [0, 0.1) is 0 Å². The molecule has 4 rings (SSSR count). The third-order valence-electron chi connectivity index (χ3n) is 5.52. The summed E-state index contributed by atoms with van der Waals surface area (Å²) in [5.41, 5.74) is 1.95. The minimum atomic E-state index is -0.441. The van der Waals surface area contributed by atoms with Gasteiger partial charge in [-0.3, -0.25) is 9.69 Å². The third-order valence-corrected chi connectivity index (χ3v) is 5.83. The molecule has 0 aliphatic carbocycles. The number of methoxy groups -OCH3 is 1. The predicted octanol–water partition coefficient (Wildman–Crippen LogP) is 3.19. The Bertz CT molecular complexity index is 916. The Morgan fingerprint density at radius 1 is 1.13 bits per heavy atom. The van der Waals surface area contributed by atoms with Gasteiger partial charge in [0.15, 0.2) is 0 Å². The number of cyclic esters (lactones) is 1. The number of hydrogen-bond acceptors (Lipinski definition) is 5. The number of benzene rings is 2. The standard InChI is InChI=1S/C22H24ClN3O4/c1-29-19-13-17(7-8-18(19)23)24-9-11-25(12-10-24)21(27)15-26-14-20(30-22(26)28)16-5-3-2-4-6-16/h2-8,13,20H,9-12,14-15H2,1H3. The molecule has 2 aliphatic heterocycles. The van der Waals surface area contributed by atoms with E-state index in [4.69, 9.17) is 21.1 Å². The number of ether oxygens (including phenoxy) is 2. The Morgan fingerprint density at radius 3 is 2.57 bits per heavy atom. The molecule has 2 heterocycles. The second kappa shape index (κ2) is 8.83. The van der Waals surface area contributed by atoms with E-state index in [-0.39, 0.29) is 18.6 Å². The molecule has 2 amide bonds. The van der Waals surface area contributed by atoms with Gasteiger partial charge in [0.1, 0.15) is 18.4 Å². The van der Waals surface area contributed by atoms with Crippen LogP contribution >= 0.6 is 11.6 Å². The quantitative estimate of drug-likeness (QED) is 0.730. The minimum absolute atomic E-state index is 0.0386. The summed E-state index contributed by atoms with van der Waals surface area (Å²) < 4.78 is 10.7. The number of anilines is 1. The summed E-state index contributed by atoms with van der Waals surface area (Å²) in [5.74, 6) is 0.571. The van der Waals surface area contributed by atoms with Gasteiger partial charge in [-0.1, -0.05) is 41.9 Å². The molecule has 8 heteroatoms. The number of carbonyl (C=O) groups is 2. The molecule has 30 heavy (non-hydrogen) atoms. The van der Waals surface area contributed by atoms with Crippen LogP contribution in [0.5, 0.6) is 5.75 Å². The van der Waals surface area contributed by atoms with Crippen LogP contribution in [0.25, 0.3) is 0 Å². The molecule has 1 unspecified atom stereocenters. The third kappa shape index (κ3) is 4.31. The number of carbonyl (C=O) groups excluding carboxylic acids is 2. The minimum Gasteiger partial charge on any atom is -0.495 e. The summed E-state index contributed by atoms with van der Waals surface area (Å²) >= 11 is 6.10. The molecule has 0 radical (unpaired) electrons. The molecule has 158 valence electrons. The first-order valence-electron chi connectivity index (χ1n) is 9.92. The van der Waals surface area contributed by atoms with Gasteiger partial charge in [0.05, 0.1) is 18.7 Å². The molecule has 0 N–H and O–H groups in total. The van der Waals surface area contributed by atoms with Gasteiger partial charge in [0, 0.05) is 37.9 Å². The zero-order valence-electron chi connectivity index (χ0n) is 16.8. The average Bonchev–Trinajstić information content (AvgIpc) is 3.15. The summed E-state index contributed by atoms with van der Waals surface area (Å²) in [6.07, 6.45) is -0.771. The molecule has 2 fully saturated rings. The predicted molar refractivity (Wildman–Crippen MR) is 114 cm³/mol. The zero-order chi connectivity index (χ0) is 21.1. The highest BCUT2D eigenvalue weighted by Gasteiger charge is 2.34. The summed E-state index contributed by atoms with van der Waals surface area (Å²) in [6.45, 7) is 3.01. The maximum atomic E-state index is 12.8. The van der Waals surface area contributed by atoms with Crippen molar-refractivity contribution in [2.45, 2.75) is 6.10 Å².